The summed E-state index contributed by atoms with van der Waals surface area (Å²) in [4.78, 5) is 4.27. The minimum absolute atomic E-state index is 0.287. The van der Waals surface area contributed by atoms with Crippen molar-refractivity contribution in [1.29, 1.82) is 5.26 Å². The number of fused-ring (bicyclic) bond motifs is 1. The van der Waals surface area contributed by atoms with Gasteiger partial charge in [-0.2, -0.15) is 5.26 Å². The van der Waals surface area contributed by atoms with Gasteiger partial charge in [-0.25, -0.2) is 0 Å². The second kappa shape index (κ2) is 4.83. The topological polar surface area (TPSA) is 59.0 Å². The van der Waals surface area contributed by atoms with Crippen LogP contribution in [-0.2, 0) is 6.61 Å². The predicted octanol–water partition coefficient (Wildman–Crippen LogP) is 3.28. The van der Waals surface area contributed by atoms with E-state index in [0.29, 0.717) is 5.76 Å². The van der Waals surface area contributed by atoms with Crippen molar-refractivity contribution in [3.05, 3.63) is 60.2 Å². The van der Waals surface area contributed by atoms with Crippen LogP contribution in [0.5, 0.6) is 5.75 Å². The summed E-state index contributed by atoms with van der Waals surface area (Å²) in [5, 5.41) is 9.64. The largest absolute Gasteiger partial charge is 0.485 e. The van der Waals surface area contributed by atoms with E-state index >= 15 is 0 Å². The van der Waals surface area contributed by atoms with Gasteiger partial charge in [-0.05, 0) is 36.4 Å². The zero-order valence-corrected chi connectivity index (χ0v) is 10.0. The van der Waals surface area contributed by atoms with Crippen molar-refractivity contribution >= 4 is 10.9 Å². The first kappa shape index (κ1) is 11.3. The maximum absolute atomic E-state index is 8.68. The van der Waals surface area contributed by atoms with Crippen LogP contribution in [0.25, 0.3) is 10.9 Å². The van der Waals surface area contributed by atoms with Gasteiger partial charge in [0.25, 0.3) is 0 Å². The van der Waals surface area contributed by atoms with Crippen molar-refractivity contribution in [2.45, 2.75) is 6.61 Å². The molecule has 2 heterocycles. The van der Waals surface area contributed by atoms with Gasteiger partial charge in [-0.3, -0.25) is 4.98 Å². The van der Waals surface area contributed by atoms with Gasteiger partial charge in [0, 0.05) is 11.6 Å². The molecule has 0 radical (unpaired) electrons. The Labute approximate surface area is 109 Å². The molecule has 4 nitrogen and oxygen atoms in total. The number of benzene rings is 1. The zero-order valence-electron chi connectivity index (χ0n) is 10.0. The van der Waals surface area contributed by atoms with E-state index in [1.165, 1.54) is 0 Å². The van der Waals surface area contributed by atoms with E-state index in [4.69, 9.17) is 14.4 Å². The van der Waals surface area contributed by atoms with E-state index in [0.717, 1.165) is 16.7 Å². The van der Waals surface area contributed by atoms with E-state index in [1.54, 1.807) is 18.3 Å². The first-order valence-electron chi connectivity index (χ1n) is 5.82. The monoisotopic (exact) mass is 250 g/mol. The van der Waals surface area contributed by atoms with Gasteiger partial charge in [-0.1, -0.05) is 6.07 Å². The highest BCUT2D eigenvalue weighted by atomic mass is 16.5. The second-order valence-corrected chi connectivity index (χ2v) is 3.99. The Kier molecular flexibility index (Phi) is 2.87. The number of hydrogen-bond donors (Lipinski definition) is 0. The lowest BCUT2D eigenvalue weighted by Crippen LogP contribution is -1.94. The first-order chi connectivity index (χ1) is 9.36. The molecule has 0 fully saturated rings. The van der Waals surface area contributed by atoms with Gasteiger partial charge in [0.2, 0.25) is 5.76 Å². The standard InChI is InChI=1S/C15H10N2O2/c16-9-11-6-7-12(19-11)10-18-15-5-1-4-14-13(15)3-2-8-17-14/h1-8H,10H2. The van der Waals surface area contributed by atoms with Crippen LogP contribution >= 0.6 is 0 Å². The molecule has 19 heavy (non-hydrogen) atoms. The molecule has 0 unspecified atom stereocenters. The molecule has 92 valence electrons. The van der Waals surface area contributed by atoms with E-state index in [-0.39, 0.29) is 12.4 Å². The number of pyridine rings is 1. The molecule has 0 saturated heterocycles. The minimum atomic E-state index is 0.287. The van der Waals surface area contributed by atoms with E-state index in [2.05, 4.69) is 4.98 Å². The normalized spacial score (nSPS) is 10.3. The van der Waals surface area contributed by atoms with Gasteiger partial charge in [0.15, 0.2) is 0 Å². The fourth-order valence-corrected chi connectivity index (χ4v) is 1.87. The van der Waals surface area contributed by atoms with E-state index in [9.17, 15) is 0 Å². The average molecular weight is 250 g/mol. The Bertz CT molecular complexity index is 751. The lowest BCUT2D eigenvalue weighted by Gasteiger charge is -2.07. The van der Waals surface area contributed by atoms with Crippen molar-refractivity contribution in [1.82, 2.24) is 4.98 Å². The molecular weight excluding hydrogens is 240 g/mol. The van der Waals surface area contributed by atoms with Crippen LogP contribution in [0.4, 0.5) is 0 Å². The maximum Gasteiger partial charge on any atom is 0.203 e. The summed E-state index contributed by atoms with van der Waals surface area (Å²) in [6, 6.07) is 14.9. The van der Waals surface area contributed by atoms with Gasteiger partial charge in [0.05, 0.1) is 5.52 Å². The lowest BCUT2D eigenvalue weighted by atomic mass is 10.2. The predicted molar refractivity (Wildman–Crippen MR) is 69.5 cm³/mol. The number of furan rings is 1. The summed E-state index contributed by atoms with van der Waals surface area (Å²) in [5.41, 5.74) is 0.886. The fourth-order valence-electron chi connectivity index (χ4n) is 1.87. The van der Waals surface area contributed by atoms with Crippen molar-refractivity contribution < 1.29 is 9.15 Å². The SMILES string of the molecule is N#Cc1ccc(COc2cccc3ncccc23)o1. The summed E-state index contributed by atoms with van der Waals surface area (Å²) in [5.74, 6) is 1.66. The highest BCUT2D eigenvalue weighted by Crippen LogP contribution is 2.24. The third kappa shape index (κ3) is 2.26. The zero-order chi connectivity index (χ0) is 13.1. The molecule has 0 bridgehead atoms. The highest BCUT2D eigenvalue weighted by Gasteiger charge is 2.05. The molecule has 0 aliphatic heterocycles. The Morgan fingerprint density at radius 2 is 2.11 bits per heavy atom. The Morgan fingerprint density at radius 3 is 2.95 bits per heavy atom. The molecule has 3 rings (SSSR count). The van der Waals surface area contributed by atoms with Gasteiger partial charge in [-0.15, -0.1) is 0 Å². The number of nitrogens with zero attached hydrogens (tertiary/aromatic N) is 2. The average Bonchev–Trinajstić information content (AvgIpc) is 2.93. The molecule has 4 heteroatoms. The van der Waals surface area contributed by atoms with Crippen LogP contribution in [0, 0.1) is 11.3 Å². The molecule has 1 aromatic carbocycles. The number of hydrogen-bond acceptors (Lipinski definition) is 4. The third-order valence-corrected chi connectivity index (χ3v) is 2.75. The second-order valence-electron chi connectivity index (χ2n) is 3.99. The highest BCUT2D eigenvalue weighted by molar-refractivity contribution is 5.84. The quantitative estimate of drug-likeness (QED) is 0.715. The summed E-state index contributed by atoms with van der Waals surface area (Å²) in [6.45, 7) is 0.287. The first-order valence-corrected chi connectivity index (χ1v) is 5.82. The lowest BCUT2D eigenvalue weighted by molar-refractivity contribution is 0.272. The molecule has 0 aliphatic carbocycles. The summed E-state index contributed by atoms with van der Waals surface area (Å²) < 4.78 is 11.0. The van der Waals surface area contributed by atoms with Crippen LogP contribution in [0.15, 0.2) is 53.1 Å². The van der Waals surface area contributed by atoms with Crippen LogP contribution in [-0.4, -0.2) is 4.98 Å². The molecule has 0 aliphatic rings. The van der Waals surface area contributed by atoms with Crippen molar-refractivity contribution in [2.24, 2.45) is 0 Å². The Hall–Kier alpha value is -2.80. The Morgan fingerprint density at radius 1 is 1.16 bits per heavy atom. The Balaban J connectivity index is 1.84. The van der Waals surface area contributed by atoms with Crippen LogP contribution in [0.3, 0.4) is 0 Å². The van der Waals surface area contributed by atoms with Crippen LogP contribution < -0.4 is 4.74 Å². The smallest absolute Gasteiger partial charge is 0.203 e. The number of ether oxygens (including phenoxy) is 1. The van der Waals surface area contributed by atoms with Crippen LogP contribution in [0.2, 0.25) is 0 Å². The summed E-state index contributed by atoms with van der Waals surface area (Å²) in [6.07, 6.45) is 1.75. The maximum atomic E-state index is 8.68. The molecule has 0 N–H and O–H groups in total. The molecule has 2 aromatic heterocycles. The van der Waals surface area contributed by atoms with Crippen molar-refractivity contribution in [3.63, 3.8) is 0 Å². The molecular formula is C15H10N2O2. The van der Waals surface area contributed by atoms with E-state index < -0.39 is 0 Å². The van der Waals surface area contributed by atoms with Crippen LogP contribution in [0.1, 0.15) is 11.5 Å². The molecule has 3 aromatic rings. The summed E-state index contributed by atoms with van der Waals surface area (Å²) >= 11 is 0. The third-order valence-electron chi connectivity index (χ3n) is 2.75. The van der Waals surface area contributed by atoms with Crippen molar-refractivity contribution in [2.75, 3.05) is 0 Å². The number of aromatic nitrogens is 1. The molecule has 0 amide bonds. The summed E-state index contributed by atoms with van der Waals surface area (Å²) in [7, 11) is 0. The van der Waals surface area contributed by atoms with Gasteiger partial charge < -0.3 is 9.15 Å². The molecule has 0 atom stereocenters. The van der Waals surface area contributed by atoms with E-state index in [1.807, 2.05) is 36.4 Å². The van der Waals surface area contributed by atoms with Gasteiger partial charge in [0.1, 0.15) is 24.2 Å². The molecule has 0 saturated carbocycles. The van der Waals surface area contributed by atoms with Crippen molar-refractivity contribution in [3.8, 4) is 11.8 Å². The minimum Gasteiger partial charge on any atom is -0.485 e. The number of rotatable bonds is 3. The van der Waals surface area contributed by atoms with Gasteiger partial charge >= 0.3 is 0 Å². The molecule has 0 spiro atoms. The number of nitriles is 1. The fraction of sp³-hybridized carbons (Fsp3) is 0.0667.